The molecule has 0 saturated carbocycles. The summed E-state index contributed by atoms with van der Waals surface area (Å²) in [5, 5.41) is 2.63. The van der Waals surface area contributed by atoms with Gasteiger partial charge in [-0.15, -0.1) is 11.3 Å². The summed E-state index contributed by atoms with van der Waals surface area (Å²) in [5.74, 6) is -0.440. The third-order valence-electron chi connectivity index (χ3n) is 2.77. The minimum atomic E-state index is -4.41. The number of carbonyl (C=O) groups excluding carboxylic acids is 1. The molecule has 0 aliphatic heterocycles. The molecule has 22 heavy (non-hydrogen) atoms. The van der Waals surface area contributed by atoms with Crippen molar-refractivity contribution in [1.29, 1.82) is 0 Å². The smallest absolute Gasteiger partial charge is 0.422 e. The largest absolute Gasteiger partial charge is 0.468 e. The van der Waals surface area contributed by atoms with E-state index in [1.54, 1.807) is 6.07 Å². The standard InChI is InChI=1S/C14H13F3N2O2S/c1-8-5-11(22-9(8)2)13(20)19-10-3-4-12(18-6-10)21-7-14(15,16)17/h3-6H,7H2,1-2H3,(H,19,20). The lowest BCUT2D eigenvalue weighted by molar-refractivity contribution is -0.154. The monoisotopic (exact) mass is 330 g/mol. The Morgan fingerprint density at radius 2 is 2.09 bits per heavy atom. The van der Waals surface area contributed by atoms with E-state index in [9.17, 15) is 18.0 Å². The number of pyridine rings is 1. The van der Waals surface area contributed by atoms with Gasteiger partial charge in [0.05, 0.1) is 16.8 Å². The molecule has 1 amide bonds. The topological polar surface area (TPSA) is 51.2 Å². The molecule has 8 heteroatoms. The van der Waals surface area contributed by atoms with Crippen LogP contribution in [0.15, 0.2) is 24.4 Å². The van der Waals surface area contributed by atoms with Crippen LogP contribution >= 0.6 is 11.3 Å². The number of alkyl halides is 3. The van der Waals surface area contributed by atoms with E-state index in [1.807, 2.05) is 13.8 Å². The Bertz CT molecular complexity index is 646. The average molecular weight is 330 g/mol. The lowest BCUT2D eigenvalue weighted by Crippen LogP contribution is -2.19. The van der Waals surface area contributed by atoms with Gasteiger partial charge in [0.2, 0.25) is 5.88 Å². The first-order chi connectivity index (χ1) is 10.2. The van der Waals surface area contributed by atoms with E-state index in [0.717, 1.165) is 10.4 Å². The quantitative estimate of drug-likeness (QED) is 0.923. The molecule has 0 radical (unpaired) electrons. The molecular formula is C14H13F3N2O2S. The summed E-state index contributed by atoms with van der Waals surface area (Å²) in [5.41, 5.74) is 1.41. The number of nitrogens with one attached hydrogen (secondary N) is 1. The molecule has 4 nitrogen and oxygen atoms in total. The molecule has 0 aliphatic rings. The number of halogens is 3. The summed E-state index contributed by atoms with van der Waals surface area (Å²) in [4.78, 5) is 17.3. The predicted molar refractivity (Wildman–Crippen MR) is 77.5 cm³/mol. The highest BCUT2D eigenvalue weighted by atomic mass is 32.1. The van der Waals surface area contributed by atoms with Crippen LogP contribution in [-0.2, 0) is 0 Å². The van der Waals surface area contributed by atoms with Gasteiger partial charge in [-0.3, -0.25) is 4.79 Å². The summed E-state index contributed by atoms with van der Waals surface area (Å²) < 4.78 is 40.5. The van der Waals surface area contributed by atoms with Gasteiger partial charge in [0.15, 0.2) is 6.61 Å². The van der Waals surface area contributed by atoms with Gasteiger partial charge in [0.25, 0.3) is 5.91 Å². The Morgan fingerprint density at radius 3 is 2.59 bits per heavy atom. The first-order valence-corrected chi connectivity index (χ1v) is 7.10. The Morgan fingerprint density at radius 1 is 1.36 bits per heavy atom. The minimum absolute atomic E-state index is 0.155. The van der Waals surface area contributed by atoms with Gasteiger partial charge in [-0.2, -0.15) is 13.2 Å². The summed E-state index contributed by atoms with van der Waals surface area (Å²) in [6.07, 6.45) is -3.17. The zero-order valence-corrected chi connectivity index (χ0v) is 12.6. The first kappa shape index (κ1) is 16.3. The average Bonchev–Trinajstić information content (AvgIpc) is 2.77. The third-order valence-corrected chi connectivity index (χ3v) is 3.92. The van der Waals surface area contributed by atoms with Crippen LogP contribution in [0.3, 0.4) is 0 Å². The van der Waals surface area contributed by atoms with Crippen LogP contribution in [0.2, 0.25) is 0 Å². The van der Waals surface area contributed by atoms with Crippen molar-refractivity contribution in [1.82, 2.24) is 4.98 Å². The number of thiophene rings is 1. The number of amides is 1. The molecule has 2 aromatic heterocycles. The van der Waals surface area contributed by atoms with Gasteiger partial charge < -0.3 is 10.1 Å². The zero-order valence-electron chi connectivity index (χ0n) is 11.8. The number of hydrogen-bond donors (Lipinski definition) is 1. The van der Waals surface area contributed by atoms with Crippen LogP contribution in [0, 0.1) is 13.8 Å². The molecule has 0 atom stereocenters. The van der Waals surface area contributed by atoms with Gasteiger partial charge in [-0.05, 0) is 31.5 Å². The lowest BCUT2D eigenvalue weighted by atomic mass is 10.3. The molecule has 0 bridgehead atoms. The molecule has 2 aromatic rings. The maximum absolute atomic E-state index is 12.0. The molecule has 2 rings (SSSR count). The highest BCUT2D eigenvalue weighted by molar-refractivity contribution is 7.14. The maximum Gasteiger partial charge on any atom is 0.422 e. The molecule has 0 unspecified atom stereocenters. The molecule has 118 valence electrons. The van der Waals surface area contributed by atoms with Crippen molar-refractivity contribution in [3.8, 4) is 5.88 Å². The van der Waals surface area contributed by atoms with Crippen molar-refractivity contribution < 1.29 is 22.7 Å². The third kappa shape index (κ3) is 4.45. The van der Waals surface area contributed by atoms with E-state index < -0.39 is 12.8 Å². The number of ether oxygens (including phenoxy) is 1. The predicted octanol–water partition coefficient (Wildman–Crippen LogP) is 3.95. The minimum Gasteiger partial charge on any atom is -0.468 e. The van der Waals surface area contributed by atoms with Gasteiger partial charge in [0, 0.05) is 10.9 Å². The second-order valence-electron chi connectivity index (χ2n) is 4.59. The summed E-state index contributed by atoms with van der Waals surface area (Å²) in [7, 11) is 0. The lowest BCUT2D eigenvalue weighted by Gasteiger charge is -2.09. The molecule has 2 heterocycles. The fraction of sp³-hybridized carbons (Fsp3) is 0.286. The van der Waals surface area contributed by atoms with Crippen molar-refractivity contribution in [2.24, 2.45) is 0 Å². The van der Waals surface area contributed by atoms with Crippen molar-refractivity contribution >= 4 is 22.9 Å². The number of carbonyl (C=O) groups is 1. The van der Waals surface area contributed by atoms with Crippen molar-refractivity contribution in [2.45, 2.75) is 20.0 Å². The number of nitrogens with zero attached hydrogens (tertiary/aromatic N) is 1. The zero-order chi connectivity index (χ0) is 16.3. The van der Waals surface area contributed by atoms with Gasteiger partial charge >= 0.3 is 6.18 Å². The highest BCUT2D eigenvalue weighted by Crippen LogP contribution is 2.22. The second kappa shape index (κ2) is 6.35. The Kier molecular flexibility index (Phi) is 4.70. The fourth-order valence-electron chi connectivity index (χ4n) is 1.57. The molecule has 0 spiro atoms. The Balaban J connectivity index is 1.97. The number of aryl methyl sites for hydroxylation is 2. The highest BCUT2D eigenvalue weighted by Gasteiger charge is 2.28. The normalized spacial score (nSPS) is 11.3. The molecule has 0 saturated heterocycles. The summed E-state index contributed by atoms with van der Waals surface area (Å²) in [6, 6.07) is 4.49. The summed E-state index contributed by atoms with van der Waals surface area (Å²) in [6.45, 7) is 2.43. The van der Waals surface area contributed by atoms with E-state index in [0.29, 0.717) is 10.6 Å². The second-order valence-corrected chi connectivity index (χ2v) is 5.85. The SMILES string of the molecule is Cc1cc(C(=O)Nc2ccc(OCC(F)(F)F)nc2)sc1C. The number of anilines is 1. The number of hydrogen-bond acceptors (Lipinski definition) is 4. The van der Waals surface area contributed by atoms with Crippen molar-refractivity contribution in [3.05, 3.63) is 39.7 Å². The van der Waals surface area contributed by atoms with Crippen LogP contribution < -0.4 is 10.1 Å². The van der Waals surface area contributed by atoms with E-state index in [-0.39, 0.29) is 11.8 Å². The van der Waals surface area contributed by atoms with Crippen molar-refractivity contribution in [3.63, 3.8) is 0 Å². The van der Waals surface area contributed by atoms with Crippen LogP contribution in [-0.4, -0.2) is 23.7 Å². The fourth-order valence-corrected chi connectivity index (χ4v) is 2.50. The van der Waals surface area contributed by atoms with Crippen LogP contribution in [0.5, 0.6) is 5.88 Å². The van der Waals surface area contributed by atoms with Crippen LogP contribution in [0.4, 0.5) is 18.9 Å². The van der Waals surface area contributed by atoms with Gasteiger partial charge in [-0.25, -0.2) is 4.98 Å². The number of rotatable bonds is 4. The molecule has 0 aliphatic carbocycles. The van der Waals surface area contributed by atoms with E-state index in [2.05, 4.69) is 15.0 Å². The number of aromatic nitrogens is 1. The van der Waals surface area contributed by atoms with Crippen LogP contribution in [0.1, 0.15) is 20.1 Å². The summed E-state index contributed by atoms with van der Waals surface area (Å²) >= 11 is 1.37. The van der Waals surface area contributed by atoms with Crippen molar-refractivity contribution in [2.75, 3.05) is 11.9 Å². The molecule has 0 fully saturated rings. The van der Waals surface area contributed by atoms with Crippen LogP contribution in [0.25, 0.3) is 0 Å². The Labute approximate surface area is 128 Å². The Hall–Kier alpha value is -2.09. The maximum atomic E-state index is 12.0. The molecular weight excluding hydrogens is 317 g/mol. The molecule has 0 aromatic carbocycles. The van der Waals surface area contributed by atoms with E-state index in [4.69, 9.17) is 0 Å². The van der Waals surface area contributed by atoms with Gasteiger partial charge in [-0.1, -0.05) is 0 Å². The first-order valence-electron chi connectivity index (χ1n) is 6.28. The van der Waals surface area contributed by atoms with E-state index in [1.165, 1.54) is 29.7 Å². The van der Waals surface area contributed by atoms with E-state index >= 15 is 0 Å². The molecule has 1 N–H and O–H groups in total. The van der Waals surface area contributed by atoms with Gasteiger partial charge in [0.1, 0.15) is 0 Å².